The summed E-state index contributed by atoms with van der Waals surface area (Å²) in [6.07, 6.45) is 3.57. The first-order valence-electron chi connectivity index (χ1n) is 15.9. The van der Waals surface area contributed by atoms with Gasteiger partial charge in [-0.2, -0.15) is 0 Å². The molecular formula is C43H37BF4N3O2S2. The number of hydrogen-bond acceptors (Lipinski definition) is 5. The third-order valence-corrected chi connectivity index (χ3v) is 10.3. The smallest absolute Gasteiger partial charge is 0.261 e. The molecule has 4 aromatic carbocycles. The Morgan fingerprint density at radius 3 is 1.47 bits per heavy atom. The summed E-state index contributed by atoms with van der Waals surface area (Å²) in [7, 11) is 0. The van der Waals surface area contributed by atoms with E-state index < -0.39 is 46.2 Å². The van der Waals surface area contributed by atoms with Crippen LogP contribution in [0.25, 0.3) is 31.3 Å². The Labute approximate surface area is 328 Å². The number of hydrogen-bond donors (Lipinski definition) is 2. The van der Waals surface area contributed by atoms with Gasteiger partial charge in [0.1, 0.15) is 34.4 Å². The standard InChI is InChI=1S/C23H16F2N2OS.C18H13F2NOS.2CH4.B/c1-14-12-20(16-4-3-11-26-13-16)29-22(14)15-7-9-17(10-8-15)27-23(28)21-18(24)5-2-6-19(21)25;1-11-9-10-23-17(11)12-5-7-13(8-6-12)21-18(22)16-14(19)3-2-4-15(16)20;;;/h2-13H,1H3,(H,27,28);2-10H,1H3,(H,21,22);2*1H4;. The summed E-state index contributed by atoms with van der Waals surface area (Å²) in [4.78, 5) is 31.8. The second kappa shape index (κ2) is 19.5. The maximum atomic E-state index is 13.8. The van der Waals surface area contributed by atoms with Crippen molar-refractivity contribution in [3.63, 3.8) is 0 Å². The number of thiophene rings is 2. The van der Waals surface area contributed by atoms with Crippen molar-refractivity contribution in [3.8, 4) is 31.3 Å². The first-order valence-corrected chi connectivity index (χ1v) is 17.5. The zero-order valence-electron chi connectivity index (χ0n) is 28.3. The number of anilines is 2. The Bertz CT molecular complexity index is 2320. The van der Waals surface area contributed by atoms with Crippen LogP contribution in [0.4, 0.5) is 28.9 Å². The number of nitrogens with one attached hydrogen (secondary N) is 2. The van der Waals surface area contributed by atoms with Gasteiger partial charge in [-0.3, -0.25) is 14.6 Å². The lowest BCUT2D eigenvalue weighted by atomic mass is 10.1. The molecule has 0 atom stereocenters. The predicted octanol–water partition coefficient (Wildman–Crippen LogP) is 12.5. The highest BCUT2D eigenvalue weighted by Gasteiger charge is 2.19. The van der Waals surface area contributed by atoms with Crippen LogP contribution in [-0.4, -0.2) is 25.2 Å². The molecule has 0 aliphatic carbocycles. The van der Waals surface area contributed by atoms with Gasteiger partial charge >= 0.3 is 0 Å². The summed E-state index contributed by atoms with van der Waals surface area (Å²) in [5.74, 6) is -5.17. The van der Waals surface area contributed by atoms with Gasteiger partial charge in [-0.15, -0.1) is 22.7 Å². The fourth-order valence-corrected chi connectivity index (χ4v) is 7.42. The van der Waals surface area contributed by atoms with E-state index in [0.717, 1.165) is 61.2 Å². The maximum absolute atomic E-state index is 13.8. The molecule has 5 nitrogen and oxygen atoms in total. The number of rotatable bonds is 7. The minimum atomic E-state index is -0.892. The Morgan fingerprint density at radius 2 is 1.05 bits per heavy atom. The van der Waals surface area contributed by atoms with E-state index in [-0.39, 0.29) is 23.3 Å². The minimum Gasteiger partial charge on any atom is -0.322 e. The number of aromatic nitrogens is 1. The van der Waals surface area contributed by atoms with Gasteiger partial charge < -0.3 is 10.6 Å². The highest BCUT2D eigenvalue weighted by Crippen LogP contribution is 2.38. The lowest BCUT2D eigenvalue weighted by Crippen LogP contribution is -2.15. The van der Waals surface area contributed by atoms with Gasteiger partial charge in [0.2, 0.25) is 0 Å². The van der Waals surface area contributed by atoms with E-state index in [2.05, 4.69) is 21.7 Å². The predicted molar refractivity (Wildman–Crippen MR) is 220 cm³/mol. The molecule has 7 aromatic rings. The van der Waals surface area contributed by atoms with Crippen LogP contribution in [0.15, 0.2) is 127 Å². The summed E-state index contributed by atoms with van der Waals surface area (Å²) >= 11 is 3.30. The summed E-state index contributed by atoms with van der Waals surface area (Å²) < 4.78 is 54.7. The van der Waals surface area contributed by atoms with Gasteiger partial charge in [0.25, 0.3) is 11.8 Å². The second-order valence-corrected chi connectivity index (χ2v) is 13.5. The maximum Gasteiger partial charge on any atom is 0.261 e. The van der Waals surface area contributed by atoms with Gasteiger partial charge in [-0.05, 0) is 108 Å². The number of halogens is 4. The second-order valence-electron chi connectivity index (χ2n) is 11.6. The molecule has 0 saturated carbocycles. The molecule has 3 aromatic heterocycles. The number of nitrogens with zero attached hydrogens (tertiary/aromatic N) is 1. The SMILES string of the molecule is C.C.Cc1cc(-c2cccnc2)sc1-c1ccc(NC(=O)c2c(F)cccc2F)cc1.Cc1ccsc1-c1ccc(NC(=O)c2c(F)cccc2F)cc1.[B]. The van der Waals surface area contributed by atoms with Crippen molar-refractivity contribution in [2.45, 2.75) is 28.7 Å². The number of carbonyl (C=O) groups is 2. The van der Waals surface area contributed by atoms with Crippen molar-refractivity contribution < 1.29 is 27.2 Å². The number of pyridine rings is 1. The number of aryl methyl sites for hydroxylation is 2. The molecule has 0 bridgehead atoms. The molecule has 0 spiro atoms. The average molecular weight is 779 g/mol. The molecular weight excluding hydrogens is 741 g/mol. The third-order valence-electron chi connectivity index (χ3n) is 7.92. The van der Waals surface area contributed by atoms with Crippen LogP contribution < -0.4 is 10.6 Å². The van der Waals surface area contributed by atoms with Crippen molar-refractivity contribution in [3.05, 3.63) is 172 Å². The van der Waals surface area contributed by atoms with E-state index >= 15 is 0 Å². The van der Waals surface area contributed by atoms with Crippen LogP contribution >= 0.6 is 22.7 Å². The quantitative estimate of drug-likeness (QED) is 0.125. The average Bonchev–Trinajstić information content (AvgIpc) is 3.74. The van der Waals surface area contributed by atoms with Crippen LogP contribution in [0.5, 0.6) is 0 Å². The van der Waals surface area contributed by atoms with Crippen LogP contribution in [-0.2, 0) is 0 Å². The van der Waals surface area contributed by atoms with Crippen LogP contribution in [0.3, 0.4) is 0 Å². The molecule has 0 unspecified atom stereocenters. The normalized spacial score (nSPS) is 10.1. The summed E-state index contributed by atoms with van der Waals surface area (Å²) in [5.41, 5.74) is 5.18. The molecule has 0 saturated heterocycles. The fourth-order valence-electron chi connectivity index (χ4n) is 5.31. The minimum absolute atomic E-state index is 0. The van der Waals surface area contributed by atoms with Gasteiger partial charge in [0.05, 0.1) is 0 Å². The molecule has 7 rings (SSSR count). The van der Waals surface area contributed by atoms with Crippen molar-refractivity contribution in [1.29, 1.82) is 0 Å². The highest BCUT2D eigenvalue weighted by molar-refractivity contribution is 7.19. The van der Waals surface area contributed by atoms with Gasteiger partial charge in [0.15, 0.2) is 0 Å². The summed E-state index contributed by atoms with van der Waals surface area (Å²) in [6, 6.07) is 29.1. The van der Waals surface area contributed by atoms with Crippen molar-refractivity contribution >= 4 is 54.3 Å². The first kappa shape index (κ1) is 43.6. The van der Waals surface area contributed by atoms with Crippen LogP contribution in [0, 0.1) is 37.1 Å². The molecule has 3 radical (unpaired) electrons. The van der Waals surface area contributed by atoms with Crippen molar-refractivity contribution in [2.75, 3.05) is 10.6 Å². The Hall–Kier alpha value is -5.85. The summed E-state index contributed by atoms with van der Waals surface area (Å²) in [6.45, 7) is 4.07. The molecule has 0 fully saturated rings. The summed E-state index contributed by atoms with van der Waals surface area (Å²) in [5, 5.41) is 7.07. The van der Waals surface area contributed by atoms with Gasteiger partial charge in [0, 0.05) is 52.4 Å². The topological polar surface area (TPSA) is 71.1 Å². The molecule has 2 amide bonds. The molecule has 0 aliphatic rings. The van der Waals surface area contributed by atoms with E-state index in [1.54, 1.807) is 53.1 Å². The first-order chi connectivity index (χ1) is 25.1. The van der Waals surface area contributed by atoms with Crippen molar-refractivity contribution in [2.24, 2.45) is 0 Å². The largest absolute Gasteiger partial charge is 0.322 e. The Morgan fingerprint density at radius 1 is 0.582 bits per heavy atom. The number of carbonyl (C=O) groups excluding carboxylic acids is 2. The van der Waals surface area contributed by atoms with Crippen LogP contribution in [0.2, 0.25) is 0 Å². The third kappa shape index (κ3) is 10.2. The molecule has 279 valence electrons. The lowest BCUT2D eigenvalue weighted by Gasteiger charge is -2.08. The molecule has 55 heavy (non-hydrogen) atoms. The van der Waals surface area contributed by atoms with Crippen molar-refractivity contribution in [1.82, 2.24) is 4.98 Å². The van der Waals surface area contributed by atoms with E-state index in [1.807, 2.05) is 67.9 Å². The molecule has 2 N–H and O–H groups in total. The van der Waals surface area contributed by atoms with Gasteiger partial charge in [-0.1, -0.05) is 57.3 Å². The number of amides is 2. The van der Waals surface area contributed by atoms with Gasteiger partial charge in [-0.25, -0.2) is 17.6 Å². The molecule has 12 heteroatoms. The lowest BCUT2D eigenvalue weighted by molar-refractivity contribution is 0.101. The Kier molecular flexibility index (Phi) is 15.4. The van der Waals surface area contributed by atoms with Crippen LogP contribution in [0.1, 0.15) is 46.7 Å². The van der Waals surface area contributed by atoms with E-state index in [9.17, 15) is 27.2 Å². The van der Waals surface area contributed by atoms with E-state index in [4.69, 9.17) is 0 Å². The zero-order valence-corrected chi connectivity index (χ0v) is 29.9. The molecule has 0 aliphatic heterocycles. The van der Waals surface area contributed by atoms with E-state index in [1.165, 1.54) is 17.7 Å². The monoisotopic (exact) mass is 778 g/mol. The molecule has 3 heterocycles. The number of benzene rings is 4. The fraction of sp³-hybridized carbons (Fsp3) is 0.0930. The highest BCUT2D eigenvalue weighted by atomic mass is 32.1. The Balaban J connectivity index is 0.000000287. The van der Waals surface area contributed by atoms with E-state index in [0.29, 0.717) is 11.4 Å². The zero-order chi connectivity index (χ0) is 36.8.